The lowest BCUT2D eigenvalue weighted by atomic mass is 9.45. The molecule has 0 aliphatic heterocycles. The number of hydrogen-bond acceptors (Lipinski definition) is 4. The number of carbonyl (C=O) groups is 4. The number of ketones is 4. The number of hydrogen-bond donors (Lipinski definition) is 0. The minimum atomic E-state index is -0.581. The van der Waals surface area contributed by atoms with Crippen LogP contribution in [0.5, 0.6) is 0 Å². The first-order valence-electron chi connectivity index (χ1n) is 11.2. The van der Waals surface area contributed by atoms with Crippen molar-refractivity contribution in [2.75, 3.05) is 0 Å². The van der Waals surface area contributed by atoms with Gasteiger partial charge < -0.3 is 0 Å². The maximum absolute atomic E-state index is 13.3. The van der Waals surface area contributed by atoms with E-state index in [2.05, 4.69) is 25.1 Å². The molecule has 1 aromatic carbocycles. The fourth-order valence-electron chi connectivity index (χ4n) is 9.18. The number of benzene rings is 1. The van der Waals surface area contributed by atoms with Gasteiger partial charge in [-0.05, 0) is 54.0 Å². The first kappa shape index (κ1) is 17.8. The van der Waals surface area contributed by atoms with Crippen molar-refractivity contribution in [1.29, 1.82) is 0 Å². The lowest BCUT2D eigenvalue weighted by molar-refractivity contribution is -0.143. The third-order valence-corrected chi connectivity index (χ3v) is 9.83. The topological polar surface area (TPSA) is 68.3 Å². The molecule has 0 unspecified atom stereocenters. The van der Waals surface area contributed by atoms with Gasteiger partial charge in [0, 0.05) is 34.5 Å². The van der Waals surface area contributed by atoms with Crippen molar-refractivity contribution in [2.24, 2.45) is 40.4 Å². The molecule has 1 aromatic rings. The molecule has 6 aliphatic rings. The Bertz CT molecular complexity index is 1220. The van der Waals surface area contributed by atoms with Crippen LogP contribution in [0.1, 0.15) is 25.3 Å². The van der Waals surface area contributed by atoms with Gasteiger partial charge in [-0.2, -0.15) is 0 Å². The number of rotatable bonds is 1. The van der Waals surface area contributed by atoms with E-state index in [0.29, 0.717) is 6.42 Å². The van der Waals surface area contributed by atoms with Crippen LogP contribution in [0, 0.1) is 40.4 Å². The first-order valence-corrected chi connectivity index (χ1v) is 11.2. The molecule has 8 atom stereocenters. The summed E-state index contributed by atoms with van der Waals surface area (Å²) in [4.78, 5) is 52.8. The van der Waals surface area contributed by atoms with Crippen LogP contribution < -0.4 is 0 Å². The van der Waals surface area contributed by atoms with Gasteiger partial charge in [0.05, 0.1) is 0 Å². The zero-order valence-electron chi connectivity index (χ0n) is 17.2. The molecule has 31 heavy (non-hydrogen) atoms. The van der Waals surface area contributed by atoms with Gasteiger partial charge in [-0.25, -0.2) is 0 Å². The van der Waals surface area contributed by atoms with Gasteiger partial charge in [-0.15, -0.1) is 0 Å². The van der Waals surface area contributed by atoms with Crippen molar-refractivity contribution in [1.82, 2.24) is 0 Å². The molecule has 0 amide bonds. The Hall–Kier alpha value is -2.88. The van der Waals surface area contributed by atoms with Crippen molar-refractivity contribution < 1.29 is 19.2 Å². The van der Waals surface area contributed by atoms with Gasteiger partial charge >= 0.3 is 0 Å². The minimum Gasteiger partial charge on any atom is -0.294 e. The summed E-state index contributed by atoms with van der Waals surface area (Å²) in [5, 5.41) is 0. The predicted molar refractivity (Wildman–Crippen MR) is 112 cm³/mol. The normalized spacial score (nSPS) is 48.2. The van der Waals surface area contributed by atoms with Crippen molar-refractivity contribution >= 4 is 23.1 Å². The summed E-state index contributed by atoms with van der Waals surface area (Å²) < 4.78 is 0. The Balaban J connectivity index is 1.57. The van der Waals surface area contributed by atoms with Crippen LogP contribution in [0.4, 0.5) is 0 Å². The molecule has 154 valence electrons. The van der Waals surface area contributed by atoms with Crippen molar-refractivity contribution in [3.05, 3.63) is 71.8 Å². The number of carbonyl (C=O) groups excluding carboxylic acids is 4. The van der Waals surface area contributed by atoms with Crippen molar-refractivity contribution in [2.45, 2.75) is 25.2 Å². The minimum absolute atomic E-state index is 0.00225. The third kappa shape index (κ3) is 1.61. The van der Waals surface area contributed by atoms with E-state index in [1.165, 1.54) is 24.3 Å². The van der Waals surface area contributed by atoms with Crippen LogP contribution in [-0.4, -0.2) is 23.1 Å². The van der Waals surface area contributed by atoms with Crippen LogP contribution in [0.2, 0.25) is 0 Å². The molecule has 4 bridgehead atoms. The summed E-state index contributed by atoms with van der Waals surface area (Å²) in [6.07, 6.45) is 9.43. The first-order chi connectivity index (χ1) is 14.9. The van der Waals surface area contributed by atoms with Crippen LogP contribution in [0.25, 0.3) is 0 Å². The van der Waals surface area contributed by atoms with Crippen LogP contribution in [0.3, 0.4) is 0 Å². The Morgan fingerprint density at radius 2 is 1.39 bits per heavy atom. The molecule has 4 heteroatoms. The fraction of sp³-hybridized carbons (Fsp3) is 0.407. The molecule has 0 radical (unpaired) electrons. The summed E-state index contributed by atoms with van der Waals surface area (Å²) in [6, 6.07) is 10.1. The molecular weight excluding hydrogens is 388 g/mol. The SMILES string of the molecule is C[C@@]12C[C@@](c3ccccc3)(C3=C[C@@H]4C[C@@]31[C@@H]1C(=O)C=CC(=O)[C@H]41)[C@H]1C(=O)C=CC(=O)[C@H]12. The largest absolute Gasteiger partial charge is 0.294 e. The average molecular weight is 410 g/mol. The Morgan fingerprint density at radius 1 is 0.774 bits per heavy atom. The van der Waals surface area contributed by atoms with Crippen LogP contribution >= 0.6 is 0 Å². The average Bonchev–Trinajstić information content (AvgIpc) is 3.46. The standard InChI is InChI=1S/C27H22O4/c1-25-13-26(15-5-3-2-4-6-15,24-19(31)10-9-18(30)23(24)25)20-11-14-12-27(20,25)22-17(29)8-7-16(28)21(14)22/h2-11,14,21-24H,12-13H2,1H3/t14-,21+,22-,23-,24+,25+,26-,27+/m1/s1. The van der Waals surface area contributed by atoms with E-state index in [1.54, 1.807) is 0 Å². The Kier molecular flexibility index (Phi) is 2.93. The van der Waals surface area contributed by atoms with E-state index in [9.17, 15) is 19.2 Å². The Labute approximate surface area is 180 Å². The number of allylic oxidation sites excluding steroid dienone is 6. The molecule has 7 rings (SSSR count). The van der Waals surface area contributed by atoms with Gasteiger partial charge in [0.2, 0.25) is 0 Å². The second-order valence-corrected chi connectivity index (χ2v) is 10.6. The molecule has 3 saturated carbocycles. The monoisotopic (exact) mass is 410 g/mol. The van der Waals surface area contributed by atoms with E-state index < -0.39 is 34.0 Å². The second-order valence-electron chi connectivity index (χ2n) is 10.6. The van der Waals surface area contributed by atoms with E-state index in [0.717, 1.165) is 17.6 Å². The molecule has 0 heterocycles. The number of fused-ring (bicyclic) bond motifs is 9. The highest BCUT2D eigenvalue weighted by atomic mass is 16.1. The summed E-state index contributed by atoms with van der Waals surface area (Å²) in [6.45, 7) is 2.13. The molecular formula is C27H22O4. The smallest absolute Gasteiger partial charge is 0.160 e. The molecule has 4 nitrogen and oxygen atoms in total. The van der Waals surface area contributed by atoms with E-state index in [1.807, 2.05) is 18.2 Å². The van der Waals surface area contributed by atoms with Gasteiger partial charge in [0.15, 0.2) is 23.1 Å². The predicted octanol–water partition coefficient (Wildman–Crippen LogP) is 3.18. The third-order valence-electron chi connectivity index (χ3n) is 9.83. The lowest BCUT2D eigenvalue weighted by Gasteiger charge is -2.55. The molecule has 1 spiro atoms. The molecule has 0 saturated heterocycles. The van der Waals surface area contributed by atoms with E-state index in [-0.39, 0.29) is 35.0 Å². The van der Waals surface area contributed by atoms with E-state index >= 15 is 0 Å². The van der Waals surface area contributed by atoms with Gasteiger partial charge in [0.1, 0.15) is 0 Å². The van der Waals surface area contributed by atoms with Gasteiger partial charge in [-0.3, -0.25) is 19.2 Å². The summed E-state index contributed by atoms with van der Waals surface area (Å²) >= 11 is 0. The van der Waals surface area contributed by atoms with Crippen LogP contribution in [0.15, 0.2) is 66.3 Å². The van der Waals surface area contributed by atoms with E-state index in [4.69, 9.17) is 0 Å². The molecule has 6 aliphatic carbocycles. The zero-order chi connectivity index (χ0) is 21.3. The quantitative estimate of drug-likeness (QED) is 0.667. The fourth-order valence-corrected chi connectivity index (χ4v) is 9.18. The lowest BCUT2D eigenvalue weighted by Crippen LogP contribution is -2.58. The van der Waals surface area contributed by atoms with Crippen molar-refractivity contribution in [3.8, 4) is 0 Å². The zero-order valence-corrected chi connectivity index (χ0v) is 17.2. The summed E-state index contributed by atoms with van der Waals surface area (Å²) in [5.74, 6) is -1.57. The van der Waals surface area contributed by atoms with Gasteiger partial charge in [0.25, 0.3) is 0 Å². The molecule has 0 aromatic heterocycles. The maximum Gasteiger partial charge on any atom is 0.160 e. The molecule has 0 N–H and O–H groups in total. The second kappa shape index (κ2) is 5.12. The summed E-state index contributed by atoms with van der Waals surface area (Å²) in [5.41, 5.74) is 0.573. The maximum atomic E-state index is 13.3. The van der Waals surface area contributed by atoms with Crippen LogP contribution in [-0.2, 0) is 24.6 Å². The van der Waals surface area contributed by atoms with Crippen molar-refractivity contribution in [3.63, 3.8) is 0 Å². The highest BCUT2D eigenvalue weighted by molar-refractivity contribution is 6.12. The summed E-state index contributed by atoms with van der Waals surface area (Å²) in [7, 11) is 0. The highest BCUT2D eigenvalue weighted by Crippen LogP contribution is 2.85. The highest BCUT2D eigenvalue weighted by Gasteiger charge is 2.84. The Morgan fingerprint density at radius 3 is 2.10 bits per heavy atom. The molecule has 3 fully saturated rings. The van der Waals surface area contributed by atoms with Gasteiger partial charge in [-0.1, -0.05) is 48.9 Å².